The molecule has 1 atom stereocenters. The average molecular weight is 448 g/mol. The summed E-state index contributed by atoms with van der Waals surface area (Å²) in [5.41, 5.74) is 0. The lowest BCUT2D eigenvalue weighted by atomic mass is 10.2. The van der Waals surface area contributed by atoms with E-state index < -0.39 is 0 Å². The van der Waals surface area contributed by atoms with Crippen LogP contribution in [0.3, 0.4) is 0 Å². The fourth-order valence-corrected chi connectivity index (χ4v) is 3.70. The zero-order chi connectivity index (χ0) is 18.6. The first kappa shape index (κ1) is 18.2. The van der Waals surface area contributed by atoms with Crippen LogP contribution in [-0.4, -0.2) is 33.7 Å². The predicted octanol–water partition coefficient (Wildman–Crippen LogP) is 4.26. The second-order valence-corrected chi connectivity index (χ2v) is 7.89. The largest absolute Gasteiger partial charge is 0.493 e. The summed E-state index contributed by atoms with van der Waals surface area (Å²) < 4.78 is 20.5. The van der Waals surface area contributed by atoms with Crippen LogP contribution in [0.5, 0.6) is 17.2 Å². The van der Waals surface area contributed by atoms with E-state index in [1.165, 1.54) is 0 Å². The maximum absolute atomic E-state index is 6.02. The van der Waals surface area contributed by atoms with Gasteiger partial charge in [-0.3, -0.25) is 0 Å². The molecule has 0 unspecified atom stereocenters. The van der Waals surface area contributed by atoms with Crippen molar-refractivity contribution in [3.63, 3.8) is 0 Å². The standard InChI is InChI=1S/C19H18BrN3O3S/c1-23-18(17-12-25-15-4-2-3-5-16(15)26-17)21-22-19(23)27-11-10-24-14-8-6-13(20)7-9-14/h2-9,17H,10-12H2,1H3/t17-/m1/s1. The molecule has 4 rings (SSSR count). The molecule has 0 saturated carbocycles. The van der Waals surface area contributed by atoms with Crippen molar-refractivity contribution < 1.29 is 14.2 Å². The van der Waals surface area contributed by atoms with Crippen molar-refractivity contribution in [1.82, 2.24) is 14.8 Å². The van der Waals surface area contributed by atoms with E-state index in [1.807, 2.05) is 60.1 Å². The van der Waals surface area contributed by atoms with Crippen LogP contribution in [0.2, 0.25) is 0 Å². The lowest BCUT2D eigenvalue weighted by Crippen LogP contribution is -2.24. The number of aromatic nitrogens is 3. The highest BCUT2D eigenvalue weighted by Crippen LogP contribution is 2.35. The van der Waals surface area contributed by atoms with Crippen LogP contribution in [0.4, 0.5) is 0 Å². The number of nitrogens with zero attached hydrogens (tertiary/aromatic N) is 3. The van der Waals surface area contributed by atoms with Crippen molar-refractivity contribution in [2.24, 2.45) is 7.05 Å². The van der Waals surface area contributed by atoms with E-state index in [1.54, 1.807) is 11.8 Å². The van der Waals surface area contributed by atoms with Gasteiger partial charge in [0.2, 0.25) is 0 Å². The normalized spacial score (nSPS) is 15.6. The summed E-state index contributed by atoms with van der Waals surface area (Å²) in [5.74, 6) is 3.86. The molecule has 0 aliphatic carbocycles. The summed E-state index contributed by atoms with van der Waals surface area (Å²) in [6.45, 7) is 1.01. The SMILES string of the molecule is Cn1c(SCCOc2ccc(Br)cc2)nnc1[C@H]1COc2ccccc2O1. The van der Waals surface area contributed by atoms with Gasteiger partial charge >= 0.3 is 0 Å². The van der Waals surface area contributed by atoms with Crippen molar-refractivity contribution >= 4 is 27.7 Å². The Hall–Kier alpha value is -2.19. The molecule has 1 aliphatic heterocycles. The topological polar surface area (TPSA) is 58.4 Å². The molecule has 1 aromatic heterocycles. The number of rotatable bonds is 6. The van der Waals surface area contributed by atoms with Crippen molar-refractivity contribution in [2.45, 2.75) is 11.3 Å². The van der Waals surface area contributed by atoms with E-state index in [4.69, 9.17) is 14.2 Å². The van der Waals surface area contributed by atoms with Crippen LogP contribution >= 0.6 is 27.7 Å². The molecule has 0 radical (unpaired) electrons. The van der Waals surface area contributed by atoms with E-state index in [0.29, 0.717) is 13.2 Å². The molecule has 0 fully saturated rings. The Morgan fingerprint density at radius 2 is 1.93 bits per heavy atom. The minimum atomic E-state index is -0.272. The summed E-state index contributed by atoms with van der Waals surface area (Å²) in [7, 11) is 1.94. The zero-order valence-corrected chi connectivity index (χ0v) is 17.1. The molecule has 1 aliphatic rings. The van der Waals surface area contributed by atoms with E-state index in [0.717, 1.165) is 38.5 Å². The molecule has 3 aromatic rings. The van der Waals surface area contributed by atoms with Gasteiger partial charge in [0, 0.05) is 17.3 Å². The van der Waals surface area contributed by atoms with Gasteiger partial charge in [-0.2, -0.15) is 0 Å². The molecule has 0 bridgehead atoms. The third kappa shape index (κ3) is 4.22. The number of benzene rings is 2. The van der Waals surface area contributed by atoms with Gasteiger partial charge in [-0.25, -0.2) is 0 Å². The summed E-state index contributed by atoms with van der Waals surface area (Å²) in [5, 5.41) is 9.41. The smallest absolute Gasteiger partial charge is 0.192 e. The highest BCUT2D eigenvalue weighted by atomic mass is 79.9. The minimum Gasteiger partial charge on any atom is -0.493 e. The molecule has 2 heterocycles. The molecular weight excluding hydrogens is 430 g/mol. The van der Waals surface area contributed by atoms with E-state index in [-0.39, 0.29) is 6.10 Å². The van der Waals surface area contributed by atoms with Crippen LogP contribution in [0.1, 0.15) is 11.9 Å². The first-order chi connectivity index (χ1) is 13.2. The second kappa shape index (κ2) is 8.22. The van der Waals surface area contributed by atoms with E-state index >= 15 is 0 Å². The second-order valence-electron chi connectivity index (χ2n) is 5.91. The number of hydrogen-bond acceptors (Lipinski definition) is 6. The van der Waals surface area contributed by atoms with Gasteiger partial charge in [-0.05, 0) is 36.4 Å². The maximum atomic E-state index is 6.02. The third-order valence-electron chi connectivity index (χ3n) is 4.06. The number of halogens is 1. The lowest BCUT2D eigenvalue weighted by molar-refractivity contribution is 0.0825. The van der Waals surface area contributed by atoms with Crippen LogP contribution in [0.15, 0.2) is 58.2 Å². The monoisotopic (exact) mass is 447 g/mol. The van der Waals surface area contributed by atoms with Gasteiger partial charge in [-0.1, -0.05) is 39.8 Å². The molecular formula is C19H18BrN3O3S. The fraction of sp³-hybridized carbons (Fsp3) is 0.263. The first-order valence-electron chi connectivity index (χ1n) is 8.49. The van der Waals surface area contributed by atoms with Gasteiger partial charge in [-0.15, -0.1) is 10.2 Å². The summed E-state index contributed by atoms with van der Waals surface area (Å²) in [4.78, 5) is 0. The van der Waals surface area contributed by atoms with Crippen molar-refractivity contribution in [2.75, 3.05) is 19.0 Å². The van der Waals surface area contributed by atoms with Crippen molar-refractivity contribution in [3.8, 4) is 17.2 Å². The Morgan fingerprint density at radius 3 is 2.74 bits per heavy atom. The fourth-order valence-electron chi connectivity index (χ4n) is 2.70. The quantitative estimate of drug-likeness (QED) is 0.415. The Morgan fingerprint density at radius 1 is 1.15 bits per heavy atom. The van der Waals surface area contributed by atoms with Crippen LogP contribution in [-0.2, 0) is 7.05 Å². The molecule has 6 nitrogen and oxygen atoms in total. The zero-order valence-electron chi connectivity index (χ0n) is 14.7. The highest BCUT2D eigenvalue weighted by molar-refractivity contribution is 9.10. The van der Waals surface area contributed by atoms with Gasteiger partial charge in [0.15, 0.2) is 28.6 Å². The molecule has 27 heavy (non-hydrogen) atoms. The molecule has 8 heteroatoms. The Balaban J connectivity index is 1.33. The van der Waals surface area contributed by atoms with Gasteiger partial charge in [0.05, 0.1) is 6.61 Å². The number of para-hydroxylation sites is 2. The van der Waals surface area contributed by atoms with Crippen LogP contribution in [0.25, 0.3) is 0 Å². The molecule has 0 spiro atoms. The summed E-state index contributed by atoms with van der Waals surface area (Å²) in [6, 6.07) is 15.4. The summed E-state index contributed by atoms with van der Waals surface area (Å²) >= 11 is 5.01. The van der Waals surface area contributed by atoms with Crippen molar-refractivity contribution in [3.05, 3.63) is 58.8 Å². The van der Waals surface area contributed by atoms with Gasteiger partial charge in [0.1, 0.15) is 12.4 Å². The molecule has 2 aromatic carbocycles. The molecule has 0 amide bonds. The number of hydrogen-bond donors (Lipinski definition) is 0. The average Bonchev–Trinajstić information content (AvgIpc) is 3.07. The Bertz CT molecular complexity index is 917. The number of thioether (sulfide) groups is 1. The van der Waals surface area contributed by atoms with Crippen LogP contribution in [0, 0.1) is 0 Å². The van der Waals surface area contributed by atoms with E-state index in [9.17, 15) is 0 Å². The Kier molecular flexibility index (Phi) is 5.54. The number of fused-ring (bicyclic) bond motifs is 1. The first-order valence-corrected chi connectivity index (χ1v) is 10.3. The van der Waals surface area contributed by atoms with Crippen LogP contribution < -0.4 is 14.2 Å². The predicted molar refractivity (Wildman–Crippen MR) is 107 cm³/mol. The maximum Gasteiger partial charge on any atom is 0.192 e. The Labute approximate surface area is 170 Å². The van der Waals surface area contributed by atoms with E-state index in [2.05, 4.69) is 26.1 Å². The minimum absolute atomic E-state index is 0.272. The van der Waals surface area contributed by atoms with Crippen molar-refractivity contribution in [1.29, 1.82) is 0 Å². The molecule has 140 valence electrons. The van der Waals surface area contributed by atoms with Gasteiger partial charge < -0.3 is 18.8 Å². The third-order valence-corrected chi connectivity index (χ3v) is 5.58. The molecule has 0 saturated heterocycles. The number of ether oxygens (including phenoxy) is 3. The highest BCUT2D eigenvalue weighted by Gasteiger charge is 2.27. The molecule has 0 N–H and O–H groups in total. The summed E-state index contributed by atoms with van der Waals surface area (Å²) in [6.07, 6.45) is -0.272. The lowest BCUT2D eigenvalue weighted by Gasteiger charge is -2.25. The van der Waals surface area contributed by atoms with Gasteiger partial charge in [0.25, 0.3) is 0 Å².